The van der Waals surface area contributed by atoms with Gasteiger partial charge >= 0.3 is 0 Å². The summed E-state index contributed by atoms with van der Waals surface area (Å²) >= 11 is 0. The van der Waals surface area contributed by atoms with Crippen LogP contribution in [0.5, 0.6) is 0 Å². The summed E-state index contributed by atoms with van der Waals surface area (Å²) in [5.74, 6) is 0.687. The van der Waals surface area contributed by atoms with Gasteiger partial charge in [0.05, 0.1) is 0 Å². The van der Waals surface area contributed by atoms with Gasteiger partial charge in [0, 0.05) is 5.39 Å². The van der Waals surface area contributed by atoms with Gasteiger partial charge in [0.15, 0.2) is 0 Å². The molecule has 0 aliphatic carbocycles. The molecule has 1 aliphatic heterocycles. The predicted molar refractivity (Wildman–Crippen MR) is 58.9 cm³/mol. The molecule has 0 bridgehead atoms. The van der Waals surface area contributed by atoms with Crippen molar-refractivity contribution in [2.75, 3.05) is 13.1 Å². The van der Waals surface area contributed by atoms with E-state index in [2.05, 4.69) is 28.7 Å². The van der Waals surface area contributed by atoms with Gasteiger partial charge in [-0.25, -0.2) is 0 Å². The van der Waals surface area contributed by atoms with Crippen LogP contribution >= 0.6 is 0 Å². The van der Waals surface area contributed by atoms with Crippen molar-refractivity contribution < 1.29 is 4.52 Å². The van der Waals surface area contributed by atoms with Gasteiger partial charge in [0.2, 0.25) is 0 Å². The minimum absolute atomic E-state index is 0.687. The molecule has 1 aliphatic rings. The highest BCUT2D eigenvalue weighted by Gasteiger charge is 2.15. The summed E-state index contributed by atoms with van der Waals surface area (Å²) in [6.45, 7) is 2.25. The van der Waals surface area contributed by atoms with Gasteiger partial charge in [-0.2, -0.15) is 0 Å². The second-order valence-electron chi connectivity index (χ2n) is 4.16. The average Bonchev–Trinajstić information content (AvgIpc) is 2.77. The molecule has 0 atom stereocenters. The molecule has 15 heavy (non-hydrogen) atoms. The lowest BCUT2D eigenvalue weighted by Gasteiger charge is -2.22. The smallest absolute Gasteiger partial charge is 0.131 e. The van der Waals surface area contributed by atoms with Gasteiger partial charge in [-0.15, -0.1) is 0 Å². The van der Waals surface area contributed by atoms with Crippen LogP contribution in [0, 0.1) is 0 Å². The van der Waals surface area contributed by atoms with Crippen LogP contribution in [0.15, 0.2) is 29.0 Å². The molecule has 1 saturated heterocycles. The highest BCUT2D eigenvalue weighted by Crippen LogP contribution is 2.27. The van der Waals surface area contributed by atoms with Crippen molar-refractivity contribution in [1.82, 2.24) is 10.5 Å². The van der Waals surface area contributed by atoms with Crippen LogP contribution in [-0.2, 0) is 0 Å². The Morgan fingerprint density at radius 3 is 3.00 bits per heavy atom. The molecule has 2 heterocycles. The van der Waals surface area contributed by atoms with E-state index in [9.17, 15) is 0 Å². The number of aromatic nitrogens is 1. The molecule has 1 aromatic carbocycles. The third-order valence-corrected chi connectivity index (χ3v) is 3.20. The first-order valence-corrected chi connectivity index (χ1v) is 5.48. The van der Waals surface area contributed by atoms with Crippen LogP contribution in [0.25, 0.3) is 10.9 Å². The lowest BCUT2D eigenvalue weighted by molar-refractivity contribution is 0.428. The third-order valence-electron chi connectivity index (χ3n) is 3.20. The molecule has 0 saturated carbocycles. The van der Waals surface area contributed by atoms with E-state index in [0.29, 0.717) is 5.92 Å². The van der Waals surface area contributed by atoms with Crippen LogP contribution < -0.4 is 5.32 Å². The quantitative estimate of drug-likeness (QED) is 0.771. The van der Waals surface area contributed by atoms with Gasteiger partial charge in [-0.3, -0.25) is 0 Å². The summed E-state index contributed by atoms with van der Waals surface area (Å²) in [5, 5.41) is 8.46. The van der Waals surface area contributed by atoms with Gasteiger partial charge in [0.25, 0.3) is 0 Å². The zero-order valence-electron chi connectivity index (χ0n) is 8.57. The van der Waals surface area contributed by atoms with E-state index in [1.165, 1.54) is 18.4 Å². The van der Waals surface area contributed by atoms with E-state index in [0.717, 1.165) is 24.0 Å². The fourth-order valence-corrected chi connectivity index (χ4v) is 2.29. The molecule has 3 heteroatoms. The van der Waals surface area contributed by atoms with Crippen molar-refractivity contribution in [2.45, 2.75) is 18.8 Å². The Hall–Kier alpha value is -1.35. The molecule has 78 valence electrons. The molecule has 0 unspecified atom stereocenters. The summed E-state index contributed by atoms with van der Waals surface area (Å²) in [6.07, 6.45) is 4.15. The Balaban J connectivity index is 1.95. The minimum Gasteiger partial charge on any atom is -0.364 e. The summed E-state index contributed by atoms with van der Waals surface area (Å²) in [7, 11) is 0. The largest absolute Gasteiger partial charge is 0.364 e. The number of rotatable bonds is 1. The number of nitrogens with one attached hydrogen (secondary N) is 1. The van der Waals surface area contributed by atoms with E-state index < -0.39 is 0 Å². The first kappa shape index (κ1) is 8.92. The Bertz CT molecular complexity index is 457. The molecule has 3 nitrogen and oxygen atoms in total. The second kappa shape index (κ2) is 3.66. The Kier molecular flexibility index (Phi) is 2.18. The Morgan fingerprint density at radius 2 is 2.13 bits per heavy atom. The molecule has 1 N–H and O–H groups in total. The van der Waals surface area contributed by atoms with E-state index in [-0.39, 0.29) is 0 Å². The maximum atomic E-state index is 4.94. The molecular weight excluding hydrogens is 188 g/mol. The van der Waals surface area contributed by atoms with E-state index in [1.807, 2.05) is 0 Å². The summed E-state index contributed by atoms with van der Waals surface area (Å²) in [6, 6.07) is 6.47. The minimum atomic E-state index is 0.687. The van der Waals surface area contributed by atoms with Crippen molar-refractivity contribution in [1.29, 1.82) is 0 Å². The SMILES string of the molecule is c1cc2conc2cc1C1CCNCC1. The molecule has 2 aromatic rings. The van der Waals surface area contributed by atoms with E-state index in [4.69, 9.17) is 4.52 Å². The summed E-state index contributed by atoms with van der Waals surface area (Å²) < 4.78 is 4.94. The zero-order valence-corrected chi connectivity index (χ0v) is 8.57. The Morgan fingerprint density at radius 1 is 1.27 bits per heavy atom. The molecule has 3 rings (SSSR count). The molecule has 1 fully saturated rings. The summed E-state index contributed by atoms with van der Waals surface area (Å²) in [5.41, 5.74) is 2.38. The number of fused-ring (bicyclic) bond motifs is 1. The van der Waals surface area contributed by atoms with Crippen LogP contribution in [0.4, 0.5) is 0 Å². The summed E-state index contributed by atoms with van der Waals surface area (Å²) in [4.78, 5) is 0. The van der Waals surface area contributed by atoms with Crippen molar-refractivity contribution in [3.8, 4) is 0 Å². The standard InChI is InChI=1S/C12H14N2O/c1-2-11-8-15-14-12(11)7-10(1)9-3-5-13-6-4-9/h1-2,7-9,13H,3-6H2. The molecule has 0 radical (unpaired) electrons. The first-order chi connectivity index (χ1) is 7.43. The lowest BCUT2D eigenvalue weighted by atomic mass is 9.90. The number of nitrogens with zero attached hydrogens (tertiary/aromatic N) is 1. The van der Waals surface area contributed by atoms with E-state index in [1.54, 1.807) is 6.26 Å². The maximum absolute atomic E-state index is 4.94. The normalized spacial score (nSPS) is 18.4. The van der Waals surface area contributed by atoms with Crippen molar-refractivity contribution in [3.05, 3.63) is 30.0 Å². The fourth-order valence-electron chi connectivity index (χ4n) is 2.29. The first-order valence-electron chi connectivity index (χ1n) is 5.48. The number of benzene rings is 1. The van der Waals surface area contributed by atoms with Gasteiger partial charge < -0.3 is 9.84 Å². The van der Waals surface area contributed by atoms with Crippen molar-refractivity contribution in [2.24, 2.45) is 0 Å². The van der Waals surface area contributed by atoms with Crippen LogP contribution in [0.2, 0.25) is 0 Å². The topological polar surface area (TPSA) is 38.1 Å². The predicted octanol–water partition coefficient (Wildman–Crippen LogP) is 2.29. The van der Waals surface area contributed by atoms with E-state index >= 15 is 0 Å². The second-order valence-corrected chi connectivity index (χ2v) is 4.16. The van der Waals surface area contributed by atoms with Crippen LogP contribution in [0.3, 0.4) is 0 Å². The highest BCUT2D eigenvalue weighted by atomic mass is 16.5. The molecule has 0 spiro atoms. The Labute approximate surface area is 88.4 Å². The monoisotopic (exact) mass is 202 g/mol. The average molecular weight is 202 g/mol. The maximum Gasteiger partial charge on any atom is 0.131 e. The molecule has 0 amide bonds. The number of hydrogen-bond donors (Lipinski definition) is 1. The van der Waals surface area contributed by atoms with Crippen LogP contribution in [-0.4, -0.2) is 18.2 Å². The fraction of sp³-hybridized carbons (Fsp3) is 0.417. The third kappa shape index (κ3) is 1.63. The van der Waals surface area contributed by atoms with Gasteiger partial charge in [0.1, 0.15) is 11.8 Å². The highest BCUT2D eigenvalue weighted by molar-refractivity contribution is 5.77. The van der Waals surface area contributed by atoms with Gasteiger partial charge in [-0.1, -0.05) is 11.2 Å². The lowest BCUT2D eigenvalue weighted by Crippen LogP contribution is -2.26. The van der Waals surface area contributed by atoms with Gasteiger partial charge in [-0.05, 0) is 49.5 Å². The van der Waals surface area contributed by atoms with Crippen molar-refractivity contribution >= 4 is 10.9 Å². The molecular formula is C12H14N2O. The zero-order chi connectivity index (χ0) is 10.1. The number of hydrogen-bond acceptors (Lipinski definition) is 3. The van der Waals surface area contributed by atoms with Crippen molar-refractivity contribution in [3.63, 3.8) is 0 Å². The molecule has 1 aromatic heterocycles. The number of piperidine rings is 1. The van der Waals surface area contributed by atoms with Crippen LogP contribution in [0.1, 0.15) is 24.3 Å².